The maximum absolute atomic E-state index is 9.42. The zero-order valence-corrected chi connectivity index (χ0v) is 12.3. The van der Waals surface area contributed by atoms with Crippen LogP contribution in [0.1, 0.15) is 11.1 Å². The number of hydrogen-bond acceptors (Lipinski definition) is 3. The van der Waals surface area contributed by atoms with Crippen LogP contribution in [0.3, 0.4) is 0 Å². The predicted molar refractivity (Wildman–Crippen MR) is 83.5 cm³/mol. The van der Waals surface area contributed by atoms with E-state index in [-0.39, 0.29) is 0 Å². The van der Waals surface area contributed by atoms with Crippen molar-refractivity contribution in [2.75, 3.05) is 4.90 Å². The van der Waals surface area contributed by atoms with Crippen molar-refractivity contribution in [3.05, 3.63) is 70.0 Å². The largest absolute Gasteiger partial charge is 0.384 e. The molecule has 0 unspecified atom stereocenters. The van der Waals surface area contributed by atoms with Crippen LogP contribution in [-0.2, 0) is 6.54 Å². The molecule has 3 rings (SSSR count). The molecule has 2 N–H and O–H groups in total. The molecule has 98 valence electrons. The van der Waals surface area contributed by atoms with Gasteiger partial charge in [-0.1, -0.05) is 40.2 Å². The first-order chi connectivity index (χ1) is 9.70. The minimum Gasteiger partial charge on any atom is -0.384 e. The summed E-state index contributed by atoms with van der Waals surface area (Å²) in [6, 6.07) is 18.0. The average Bonchev–Trinajstić information content (AvgIpc) is 2.48. The van der Waals surface area contributed by atoms with Gasteiger partial charge in [0.1, 0.15) is 11.9 Å². The van der Waals surface area contributed by atoms with Gasteiger partial charge in [-0.25, -0.2) is 0 Å². The molecule has 20 heavy (non-hydrogen) atoms. The van der Waals surface area contributed by atoms with Gasteiger partial charge in [0, 0.05) is 15.7 Å². The summed E-state index contributed by atoms with van der Waals surface area (Å²) in [4.78, 5) is 1.97. The second-order valence-corrected chi connectivity index (χ2v) is 5.51. The number of benzene rings is 2. The Morgan fingerprint density at radius 3 is 2.60 bits per heavy atom. The van der Waals surface area contributed by atoms with Gasteiger partial charge in [-0.3, -0.25) is 0 Å². The maximum atomic E-state index is 9.42. The highest BCUT2D eigenvalue weighted by Gasteiger charge is 2.24. The fourth-order valence-electron chi connectivity index (χ4n) is 2.42. The normalized spacial score (nSPS) is 13.9. The van der Waals surface area contributed by atoms with Crippen molar-refractivity contribution in [1.29, 1.82) is 5.26 Å². The van der Waals surface area contributed by atoms with E-state index >= 15 is 0 Å². The van der Waals surface area contributed by atoms with Crippen molar-refractivity contribution in [2.24, 2.45) is 5.73 Å². The molecule has 0 fully saturated rings. The Labute approximate surface area is 126 Å². The number of nitriles is 1. The van der Waals surface area contributed by atoms with E-state index in [1.54, 1.807) is 0 Å². The topological polar surface area (TPSA) is 53.1 Å². The zero-order valence-electron chi connectivity index (χ0n) is 10.7. The molecular weight excluding hydrogens is 314 g/mol. The molecule has 0 saturated carbocycles. The summed E-state index contributed by atoms with van der Waals surface area (Å²) in [6.45, 7) is 0.662. The quantitative estimate of drug-likeness (QED) is 0.871. The Morgan fingerprint density at radius 2 is 1.90 bits per heavy atom. The molecule has 0 aliphatic carbocycles. The standard InChI is InChI=1S/C16H12BrN3/c17-12-6-7-14-11(8-12)10-20(16(19)15(14)9-18)13-4-2-1-3-5-13/h1-8H,10,19H2. The summed E-state index contributed by atoms with van der Waals surface area (Å²) in [6.07, 6.45) is 0. The highest BCUT2D eigenvalue weighted by molar-refractivity contribution is 9.10. The van der Waals surface area contributed by atoms with E-state index in [0.29, 0.717) is 17.9 Å². The minimum absolute atomic E-state index is 0.508. The molecule has 4 heteroatoms. The lowest BCUT2D eigenvalue weighted by Crippen LogP contribution is -2.31. The van der Waals surface area contributed by atoms with Crippen LogP contribution in [0.2, 0.25) is 0 Å². The van der Waals surface area contributed by atoms with E-state index in [1.165, 1.54) is 0 Å². The third kappa shape index (κ3) is 2.06. The first kappa shape index (κ1) is 12.8. The summed E-state index contributed by atoms with van der Waals surface area (Å²) in [5.74, 6) is 0.508. The molecule has 0 bridgehead atoms. The van der Waals surface area contributed by atoms with Crippen LogP contribution in [-0.4, -0.2) is 0 Å². The second-order valence-electron chi connectivity index (χ2n) is 4.60. The summed E-state index contributed by atoms with van der Waals surface area (Å²) in [5.41, 5.74) is 9.72. The van der Waals surface area contributed by atoms with Crippen molar-refractivity contribution in [1.82, 2.24) is 0 Å². The first-order valence-corrected chi connectivity index (χ1v) is 7.01. The number of nitrogens with two attached hydrogens (primary N) is 1. The van der Waals surface area contributed by atoms with Crippen LogP contribution in [0.25, 0.3) is 5.57 Å². The van der Waals surface area contributed by atoms with Gasteiger partial charge in [0.2, 0.25) is 0 Å². The summed E-state index contributed by atoms with van der Waals surface area (Å²) >= 11 is 3.47. The highest BCUT2D eigenvalue weighted by Crippen LogP contribution is 2.33. The molecule has 1 aliphatic heterocycles. The van der Waals surface area contributed by atoms with E-state index in [2.05, 4.69) is 22.0 Å². The van der Waals surface area contributed by atoms with Crippen molar-refractivity contribution in [3.63, 3.8) is 0 Å². The van der Waals surface area contributed by atoms with Crippen molar-refractivity contribution < 1.29 is 0 Å². The lowest BCUT2D eigenvalue weighted by Gasteiger charge is -2.31. The molecule has 1 aliphatic rings. The van der Waals surface area contributed by atoms with Gasteiger partial charge in [0.25, 0.3) is 0 Å². The van der Waals surface area contributed by atoms with E-state index in [4.69, 9.17) is 5.73 Å². The molecule has 0 aromatic heterocycles. The van der Waals surface area contributed by atoms with Crippen LogP contribution < -0.4 is 10.6 Å². The first-order valence-electron chi connectivity index (χ1n) is 6.22. The minimum atomic E-state index is 0.508. The monoisotopic (exact) mass is 325 g/mol. The Balaban J connectivity index is 2.16. The Hall–Kier alpha value is -2.25. The number of nitrogens with zero attached hydrogens (tertiary/aromatic N) is 2. The fourth-order valence-corrected chi connectivity index (χ4v) is 2.83. The Kier molecular flexibility index (Phi) is 3.21. The number of halogens is 1. The lowest BCUT2D eigenvalue weighted by molar-refractivity contribution is 0.881. The van der Waals surface area contributed by atoms with E-state index < -0.39 is 0 Å². The smallest absolute Gasteiger partial charge is 0.122 e. The number of anilines is 1. The molecular formula is C16H12BrN3. The molecule has 0 amide bonds. The molecule has 2 aromatic carbocycles. The Bertz CT molecular complexity index is 729. The zero-order chi connectivity index (χ0) is 14.1. The molecule has 0 saturated heterocycles. The summed E-state index contributed by atoms with van der Waals surface area (Å²) < 4.78 is 1.00. The summed E-state index contributed by atoms with van der Waals surface area (Å²) in [5, 5.41) is 9.42. The van der Waals surface area contributed by atoms with Crippen LogP contribution in [0.15, 0.2) is 58.8 Å². The van der Waals surface area contributed by atoms with Crippen molar-refractivity contribution in [2.45, 2.75) is 6.54 Å². The molecule has 0 atom stereocenters. The van der Waals surface area contributed by atoms with Crippen molar-refractivity contribution in [3.8, 4) is 6.07 Å². The molecule has 0 radical (unpaired) electrons. The SMILES string of the molecule is N#CC1=C(N)N(c2ccccc2)Cc2cc(Br)ccc21. The molecule has 0 spiro atoms. The van der Waals surface area contributed by atoms with Gasteiger partial charge < -0.3 is 10.6 Å². The molecule has 1 heterocycles. The van der Waals surface area contributed by atoms with Gasteiger partial charge in [-0.05, 0) is 29.8 Å². The number of fused-ring (bicyclic) bond motifs is 1. The predicted octanol–water partition coefficient (Wildman–Crippen LogP) is 3.62. The van der Waals surface area contributed by atoms with Crippen LogP contribution in [0.5, 0.6) is 0 Å². The molecule has 2 aromatic rings. The van der Waals surface area contributed by atoms with Crippen molar-refractivity contribution >= 4 is 27.2 Å². The number of para-hydroxylation sites is 1. The third-order valence-corrected chi connectivity index (χ3v) is 3.88. The van der Waals surface area contributed by atoms with Gasteiger partial charge in [0.05, 0.1) is 12.1 Å². The lowest BCUT2D eigenvalue weighted by atomic mass is 9.96. The van der Waals surface area contributed by atoms with E-state index in [0.717, 1.165) is 21.3 Å². The number of allylic oxidation sites excluding steroid dienone is 1. The maximum Gasteiger partial charge on any atom is 0.122 e. The van der Waals surface area contributed by atoms with E-state index in [1.807, 2.05) is 53.4 Å². The van der Waals surface area contributed by atoms with Gasteiger partial charge in [0.15, 0.2) is 0 Å². The fraction of sp³-hybridized carbons (Fsp3) is 0.0625. The highest BCUT2D eigenvalue weighted by atomic mass is 79.9. The molecule has 3 nitrogen and oxygen atoms in total. The Morgan fingerprint density at radius 1 is 1.15 bits per heavy atom. The van der Waals surface area contributed by atoms with Gasteiger partial charge >= 0.3 is 0 Å². The van der Waals surface area contributed by atoms with Crippen LogP contribution in [0.4, 0.5) is 5.69 Å². The third-order valence-electron chi connectivity index (χ3n) is 3.39. The number of rotatable bonds is 1. The van der Waals surface area contributed by atoms with Crippen LogP contribution >= 0.6 is 15.9 Å². The second kappa shape index (κ2) is 5.03. The average molecular weight is 326 g/mol. The van der Waals surface area contributed by atoms with Crippen LogP contribution in [0, 0.1) is 11.3 Å². The van der Waals surface area contributed by atoms with Gasteiger partial charge in [-0.15, -0.1) is 0 Å². The summed E-state index contributed by atoms with van der Waals surface area (Å²) in [7, 11) is 0. The van der Waals surface area contributed by atoms with E-state index in [9.17, 15) is 5.26 Å². The number of hydrogen-bond donors (Lipinski definition) is 1. The van der Waals surface area contributed by atoms with Gasteiger partial charge in [-0.2, -0.15) is 5.26 Å².